The Morgan fingerprint density at radius 2 is 2.54 bits per heavy atom. The van der Waals surface area contributed by atoms with Crippen molar-refractivity contribution in [3.05, 3.63) is 0 Å². The van der Waals surface area contributed by atoms with Crippen LogP contribution < -0.4 is 10.6 Å². The van der Waals surface area contributed by atoms with E-state index in [9.17, 15) is 4.79 Å². The molecule has 3 nitrogen and oxygen atoms in total. The lowest BCUT2D eigenvalue weighted by Crippen LogP contribution is -2.35. The molecule has 1 spiro atoms. The molecule has 0 bridgehead atoms. The summed E-state index contributed by atoms with van der Waals surface area (Å²) in [5, 5.41) is 6.40. The number of nitrogens with one attached hydrogen (secondary N) is 2. The van der Waals surface area contributed by atoms with E-state index in [0.717, 1.165) is 25.3 Å². The van der Waals surface area contributed by atoms with E-state index < -0.39 is 0 Å². The van der Waals surface area contributed by atoms with E-state index in [0.29, 0.717) is 10.8 Å². The molecule has 13 heavy (non-hydrogen) atoms. The summed E-state index contributed by atoms with van der Waals surface area (Å²) in [4.78, 5) is 10.9. The third-order valence-electron chi connectivity index (χ3n) is 2.82. The fourth-order valence-corrected chi connectivity index (χ4v) is 3.77. The standard InChI is InChI=1S/C9H16N2OS/c1-7(12)11-8-4-9(13-5-8)2-3-10-6-9/h8,10H,2-6H2,1H3,(H,11,12). The number of rotatable bonds is 1. The number of hydrogen-bond donors (Lipinski definition) is 2. The number of thioether (sulfide) groups is 1. The highest BCUT2D eigenvalue weighted by molar-refractivity contribution is 8.01. The van der Waals surface area contributed by atoms with Gasteiger partial charge in [0.25, 0.3) is 0 Å². The molecule has 0 aromatic carbocycles. The van der Waals surface area contributed by atoms with E-state index in [1.165, 1.54) is 6.42 Å². The second-order valence-corrected chi connectivity index (χ2v) is 5.51. The van der Waals surface area contributed by atoms with Gasteiger partial charge in [0.05, 0.1) is 0 Å². The molecule has 2 atom stereocenters. The van der Waals surface area contributed by atoms with Gasteiger partial charge in [0.15, 0.2) is 0 Å². The SMILES string of the molecule is CC(=O)NC1CSC2(CCNC2)C1. The van der Waals surface area contributed by atoms with Crippen molar-refractivity contribution in [2.45, 2.75) is 30.6 Å². The van der Waals surface area contributed by atoms with Gasteiger partial charge in [-0.1, -0.05) is 0 Å². The molecule has 2 N–H and O–H groups in total. The maximum absolute atomic E-state index is 10.9. The van der Waals surface area contributed by atoms with Crippen LogP contribution in [-0.2, 0) is 4.79 Å². The van der Waals surface area contributed by atoms with Crippen molar-refractivity contribution in [1.82, 2.24) is 10.6 Å². The zero-order chi connectivity index (χ0) is 9.31. The molecule has 0 aromatic heterocycles. The van der Waals surface area contributed by atoms with E-state index in [1.54, 1.807) is 6.92 Å². The first-order valence-electron chi connectivity index (χ1n) is 4.82. The van der Waals surface area contributed by atoms with Gasteiger partial charge >= 0.3 is 0 Å². The van der Waals surface area contributed by atoms with Crippen LogP contribution in [0.5, 0.6) is 0 Å². The normalized spacial score (nSPS) is 38.4. The molecule has 0 aliphatic carbocycles. The van der Waals surface area contributed by atoms with E-state index in [4.69, 9.17) is 0 Å². The van der Waals surface area contributed by atoms with E-state index in [-0.39, 0.29) is 5.91 Å². The molecule has 2 saturated heterocycles. The van der Waals surface area contributed by atoms with Crippen molar-refractivity contribution in [2.75, 3.05) is 18.8 Å². The predicted octanol–water partition coefficient (Wildman–Crippen LogP) is 0.360. The summed E-state index contributed by atoms with van der Waals surface area (Å²) < 4.78 is 0.438. The third kappa shape index (κ3) is 1.99. The third-order valence-corrected chi connectivity index (χ3v) is 4.52. The predicted molar refractivity (Wildman–Crippen MR) is 54.9 cm³/mol. The van der Waals surface area contributed by atoms with Gasteiger partial charge in [-0.3, -0.25) is 4.79 Å². The molecule has 74 valence electrons. The molecule has 2 unspecified atom stereocenters. The first-order valence-corrected chi connectivity index (χ1v) is 5.81. The molecule has 0 radical (unpaired) electrons. The largest absolute Gasteiger partial charge is 0.353 e. The molecule has 2 rings (SSSR count). The van der Waals surface area contributed by atoms with Gasteiger partial charge < -0.3 is 10.6 Å². The number of carbonyl (C=O) groups excluding carboxylic acids is 1. The van der Waals surface area contributed by atoms with Crippen LogP contribution in [0.1, 0.15) is 19.8 Å². The molecule has 0 saturated carbocycles. The number of hydrogen-bond acceptors (Lipinski definition) is 3. The zero-order valence-electron chi connectivity index (χ0n) is 7.93. The molecule has 2 heterocycles. The van der Waals surface area contributed by atoms with Crippen molar-refractivity contribution >= 4 is 17.7 Å². The van der Waals surface area contributed by atoms with Gasteiger partial charge in [-0.05, 0) is 19.4 Å². The van der Waals surface area contributed by atoms with Crippen LogP contribution in [0.15, 0.2) is 0 Å². The second kappa shape index (κ2) is 3.50. The van der Waals surface area contributed by atoms with E-state index in [1.807, 2.05) is 11.8 Å². The number of amides is 1. The molecule has 1 amide bonds. The van der Waals surface area contributed by atoms with Gasteiger partial charge in [0.1, 0.15) is 0 Å². The molecular weight excluding hydrogens is 184 g/mol. The maximum atomic E-state index is 10.9. The zero-order valence-corrected chi connectivity index (χ0v) is 8.75. The van der Waals surface area contributed by atoms with Gasteiger partial charge in [0, 0.05) is 30.0 Å². The summed E-state index contributed by atoms with van der Waals surface area (Å²) in [6.07, 6.45) is 2.40. The van der Waals surface area contributed by atoms with Crippen LogP contribution in [0.4, 0.5) is 0 Å². The first kappa shape index (κ1) is 9.34. The average Bonchev–Trinajstić information content (AvgIpc) is 2.63. The minimum absolute atomic E-state index is 0.105. The molecule has 2 fully saturated rings. The Morgan fingerprint density at radius 1 is 1.69 bits per heavy atom. The Kier molecular flexibility index (Phi) is 2.51. The highest BCUT2D eigenvalue weighted by atomic mass is 32.2. The Bertz CT molecular complexity index is 214. The Morgan fingerprint density at radius 3 is 3.15 bits per heavy atom. The van der Waals surface area contributed by atoms with Crippen molar-refractivity contribution < 1.29 is 4.79 Å². The molecule has 2 aliphatic heterocycles. The Balaban J connectivity index is 1.89. The monoisotopic (exact) mass is 200 g/mol. The van der Waals surface area contributed by atoms with Gasteiger partial charge in [-0.15, -0.1) is 0 Å². The van der Waals surface area contributed by atoms with Crippen LogP contribution in [0.2, 0.25) is 0 Å². The molecule has 4 heteroatoms. The Hall–Kier alpha value is -0.220. The second-order valence-electron chi connectivity index (χ2n) is 4.02. The van der Waals surface area contributed by atoms with Crippen molar-refractivity contribution in [2.24, 2.45) is 0 Å². The lowest BCUT2D eigenvalue weighted by Gasteiger charge is -2.20. The van der Waals surface area contributed by atoms with Crippen LogP contribution in [0.25, 0.3) is 0 Å². The summed E-state index contributed by atoms with van der Waals surface area (Å²) in [6, 6.07) is 0.405. The quantitative estimate of drug-likeness (QED) is 0.642. The van der Waals surface area contributed by atoms with Gasteiger partial charge in [-0.2, -0.15) is 11.8 Å². The van der Waals surface area contributed by atoms with Crippen molar-refractivity contribution in [3.8, 4) is 0 Å². The van der Waals surface area contributed by atoms with Gasteiger partial charge in [0.2, 0.25) is 5.91 Å². The van der Waals surface area contributed by atoms with Crippen LogP contribution in [0.3, 0.4) is 0 Å². The molecule has 2 aliphatic rings. The van der Waals surface area contributed by atoms with Crippen molar-refractivity contribution in [3.63, 3.8) is 0 Å². The minimum Gasteiger partial charge on any atom is -0.353 e. The van der Waals surface area contributed by atoms with Crippen LogP contribution >= 0.6 is 11.8 Å². The summed E-state index contributed by atoms with van der Waals surface area (Å²) in [6.45, 7) is 3.86. The number of carbonyl (C=O) groups is 1. The summed E-state index contributed by atoms with van der Waals surface area (Å²) in [5.41, 5.74) is 0. The minimum atomic E-state index is 0.105. The topological polar surface area (TPSA) is 41.1 Å². The van der Waals surface area contributed by atoms with E-state index >= 15 is 0 Å². The summed E-state index contributed by atoms with van der Waals surface area (Å²) in [7, 11) is 0. The summed E-state index contributed by atoms with van der Waals surface area (Å²) in [5.74, 6) is 1.19. The molecule has 0 aromatic rings. The molecular formula is C9H16N2OS. The highest BCUT2D eigenvalue weighted by Crippen LogP contribution is 2.42. The van der Waals surface area contributed by atoms with Crippen LogP contribution in [0, 0.1) is 0 Å². The Labute approximate surface area is 83.0 Å². The fraction of sp³-hybridized carbons (Fsp3) is 0.889. The summed E-state index contributed by atoms with van der Waals surface area (Å²) >= 11 is 2.03. The van der Waals surface area contributed by atoms with E-state index in [2.05, 4.69) is 10.6 Å². The first-order chi connectivity index (χ1) is 6.20. The van der Waals surface area contributed by atoms with Crippen molar-refractivity contribution in [1.29, 1.82) is 0 Å². The smallest absolute Gasteiger partial charge is 0.217 e. The lowest BCUT2D eigenvalue weighted by molar-refractivity contribution is -0.119. The van der Waals surface area contributed by atoms with Crippen LogP contribution in [-0.4, -0.2) is 35.5 Å². The maximum Gasteiger partial charge on any atom is 0.217 e. The van der Waals surface area contributed by atoms with Gasteiger partial charge in [-0.25, -0.2) is 0 Å². The highest BCUT2D eigenvalue weighted by Gasteiger charge is 2.42. The fourth-order valence-electron chi connectivity index (χ4n) is 2.24. The average molecular weight is 200 g/mol. The lowest BCUT2D eigenvalue weighted by atomic mass is 9.99.